The van der Waals surface area contributed by atoms with Crippen molar-refractivity contribution in [3.05, 3.63) is 23.2 Å². The molecule has 0 radical (unpaired) electrons. The van der Waals surface area contributed by atoms with Crippen LogP contribution in [0.1, 0.15) is 26.2 Å². The third-order valence-corrected chi connectivity index (χ3v) is 3.74. The van der Waals surface area contributed by atoms with Crippen molar-refractivity contribution < 1.29 is 0 Å². The van der Waals surface area contributed by atoms with Gasteiger partial charge in [0.2, 0.25) is 0 Å². The van der Waals surface area contributed by atoms with Gasteiger partial charge in [-0.1, -0.05) is 24.6 Å². The summed E-state index contributed by atoms with van der Waals surface area (Å²) in [6, 6.07) is 5.72. The highest BCUT2D eigenvalue weighted by atomic mass is 35.5. The fourth-order valence-corrected chi connectivity index (χ4v) is 1.98. The zero-order valence-corrected chi connectivity index (χ0v) is 9.77. The van der Waals surface area contributed by atoms with Gasteiger partial charge in [0.15, 0.2) is 0 Å². The largest absolute Gasteiger partial charge is 0.396 e. The summed E-state index contributed by atoms with van der Waals surface area (Å²) in [7, 11) is 0. The van der Waals surface area contributed by atoms with Crippen LogP contribution in [0.3, 0.4) is 0 Å². The van der Waals surface area contributed by atoms with Crippen LogP contribution in [0.5, 0.6) is 0 Å². The van der Waals surface area contributed by atoms with Crippen LogP contribution in [0.4, 0.5) is 11.4 Å². The average molecular weight is 225 g/mol. The van der Waals surface area contributed by atoms with Gasteiger partial charge in [0.25, 0.3) is 0 Å². The normalized spacial score (nSPS) is 17.5. The smallest absolute Gasteiger partial charge is 0.0739 e. The summed E-state index contributed by atoms with van der Waals surface area (Å²) in [6.07, 6.45) is 3.90. The van der Waals surface area contributed by atoms with Gasteiger partial charge in [0.05, 0.1) is 16.4 Å². The number of benzene rings is 1. The number of nitrogens with one attached hydrogen (secondary N) is 1. The Kier molecular flexibility index (Phi) is 2.79. The number of para-hydroxylation sites is 1. The molecule has 0 atom stereocenters. The standard InChI is InChI=1S/C12H17ClN2/c1-2-12(6-7-12)8-15-10-5-3-4-9(13)11(10)14/h3-5,15H,2,6-8,14H2,1H3. The van der Waals surface area contributed by atoms with Gasteiger partial charge < -0.3 is 11.1 Å². The quantitative estimate of drug-likeness (QED) is 0.768. The van der Waals surface area contributed by atoms with E-state index in [4.69, 9.17) is 17.3 Å². The third-order valence-electron chi connectivity index (χ3n) is 3.41. The van der Waals surface area contributed by atoms with Gasteiger partial charge in [0.1, 0.15) is 0 Å². The van der Waals surface area contributed by atoms with E-state index >= 15 is 0 Å². The van der Waals surface area contributed by atoms with Gasteiger partial charge in [-0.25, -0.2) is 0 Å². The van der Waals surface area contributed by atoms with E-state index < -0.39 is 0 Å². The zero-order valence-electron chi connectivity index (χ0n) is 9.02. The van der Waals surface area contributed by atoms with E-state index in [1.54, 1.807) is 0 Å². The van der Waals surface area contributed by atoms with E-state index in [0.717, 1.165) is 12.2 Å². The Labute approximate surface area is 95.8 Å². The second-order valence-corrected chi connectivity index (χ2v) is 4.82. The maximum atomic E-state index is 5.95. The van der Waals surface area contributed by atoms with Gasteiger partial charge in [-0.05, 0) is 36.8 Å². The molecule has 0 heterocycles. The topological polar surface area (TPSA) is 38.0 Å². The number of hydrogen-bond acceptors (Lipinski definition) is 2. The van der Waals surface area contributed by atoms with Gasteiger partial charge in [-0.3, -0.25) is 0 Å². The molecule has 0 bridgehead atoms. The Morgan fingerprint density at radius 1 is 1.47 bits per heavy atom. The Hall–Kier alpha value is -0.890. The molecular weight excluding hydrogens is 208 g/mol. The number of rotatable bonds is 4. The molecule has 0 saturated heterocycles. The summed E-state index contributed by atoms with van der Waals surface area (Å²) in [5, 5.41) is 4.02. The highest BCUT2D eigenvalue weighted by Crippen LogP contribution is 2.48. The number of nitrogen functional groups attached to an aromatic ring is 1. The molecule has 2 rings (SSSR count). The van der Waals surface area contributed by atoms with Crippen LogP contribution in [0.15, 0.2) is 18.2 Å². The molecule has 0 aliphatic heterocycles. The van der Waals surface area contributed by atoms with E-state index in [9.17, 15) is 0 Å². The van der Waals surface area contributed by atoms with Crippen LogP contribution in [-0.4, -0.2) is 6.54 Å². The van der Waals surface area contributed by atoms with E-state index in [1.165, 1.54) is 19.3 Å². The lowest BCUT2D eigenvalue weighted by molar-refractivity contribution is 0.521. The molecule has 1 aliphatic carbocycles. The number of anilines is 2. The van der Waals surface area contributed by atoms with Crippen molar-refractivity contribution in [2.24, 2.45) is 5.41 Å². The molecule has 1 aromatic rings. The number of halogens is 1. The molecule has 1 saturated carbocycles. The van der Waals surface area contributed by atoms with Gasteiger partial charge in [0, 0.05) is 6.54 Å². The number of hydrogen-bond donors (Lipinski definition) is 2. The highest BCUT2D eigenvalue weighted by Gasteiger charge is 2.40. The summed E-state index contributed by atoms with van der Waals surface area (Å²) in [6.45, 7) is 3.25. The van der Waals surface area contributed by atoms with Gasteiger partial charge in [-0.2, -0.15) is 0 Å². The van der Waals surface area contributed by atoms with Crippen molar-refractivity contribution in [2.45, 2.75) is 26.2 Å². The molecule has 0 amide bonds. The summed E-state index contributed by atoms with van der Waals surface area (Å²) < 4.78 is 0. The fourth-order valence-electron chi connectivity index (χ4n) is 1.81. The Morgan fingerprint density at radius 2 is 2.20 bits per heavy atom. The average Bonchev–Trinajstić information content (AvgIpc) is 3.01. The van der Waals surface area contributed by atoms with Gasteiger partial charge >= 0.3 is 0 Å². The van der Waals surface area contributed by atoms with Crippen molar-refractivity contribution in [3.8, 4) is 0 Å². The molecular formula is C12H17ClN2. The SMILES string of the molecule is CCC1(CNc2cccc(Cl)c2N)CC1. The van der Waals surface area contributed by atoms with Gasteiger partial charge in [-0.15, -0.1) is 0 Å². The summed E-state index contributed by atoms with van der Waals surface area (Å²) >= 11 is 5.95. The molecule has 1 aromatic carbocycles. The first-order valence-corrected chi connectivity index (χ1v) is 5.82. The molecule has 15 heavy (non-hydrogen) atoms. The minimum atomic E-state index is 0.523. The maximum Gasteiger partial charge on any atom is 0.0739 e. The molecule has 82 valence electrons. The predicted octanol–water partition coefficient (Wildman–Crippen LogP) is 3.52. The Bertz CT molecular complexity index is 359. The Morgan fingerprint density at radius 3 is 2.80 bits per heavy atom. The molecule has 1 fully saturated rings. The van der Waals surface area contributed by atoms with Crippen molar-refractivity contribution in [1.82, 2.24) is 0 Å². The number of nitrogens with two attached hydrogens (primary N) is 1. The van der Waals surface area contributed by atoms with Crippen LogP contribution in [0, 0.1) is 5.41 Å². The van der Waals surface area contributed by atoms with Crippen molar-refractivity contribution in [2.75, 3.05) is 17.6 Å². The molecule has 1 aliphatic rings. The lowest BCUT2D eigenvalue weighted by Crippen LogP contribution is -2.15. The molecule has 3 N–H and O–H groups in total. The van der Waals surface area contributed by atoms with E-state index in [0.29, 0.717) is 16.1 Å². The van der Waals surface area contributed by atoms with Crippen molar-refractivity contribution in [1.29, 1.82) is 0 Å². The lowest BCUT2D eigenvalue weighted by atomic mass is 10.0. The molecule has 2 nitrogen and oxygen atoms in total. The highest BCUT2D eigenvalue weighted by molar-refractivity contribution is 6.33. The molecule has 0 aromatic heterocycles. The van der Waals surface area contributed by atoms with Crippen molar-refractivity contribution >= 4 is 23.0 Å². The first-order chi connectivity index (χ1) is 7.17. The molecule has 0 unspecified atom stereocenters. The van der Waals surface area contributed by atoms with Crippen molar-refractivity contribution in [3.63, 3.8) is 0 Å². The summed E-state index contributed by atoms with van der Waals surface area (Å²) in [5.74, 6) is 0. The molecule has 3 heteroatoms. The monoisotopic (exact) mass is 224 g/mol. The van der Waals surface area contributed by atoms with Crippen LogP contribution < -0.4 is 11.1 Å². The molecule has 0 spiro atoms. The predicted molar refractivity (Wildman–Crippen MR) is 66.3 cm³/mol. The van der Waals surface area contributed by atoms with E-state index in [2.05, 4.69) is 12.2 Å². The van der Waals surface area contributed by atoms with Crippen LogP contribution in [-0.2, 0) is 0 Å². The fraction of sp³-hybridized carbons (Fsp3) is 0.500. The maximum absolute atomic E-state index is 5.95. The van der Waals surface area contributed by atoms with Crippen LogP contribution in [0.25, 0.3) is 0 Å². The minimum Gasteiger partial charge on any atom is -0.396 e. The van der Waals surface area contributed by atoms with Crippen LogP contribution >= 0.6 is 11.6 Å². The third kappa shape index (κ3) is 2.20. The zero-order chi connectivity index (χ0) is 10.9. The lowest BCUT2D eigenvalue weighted by Gasteiger charge is -2.16. The first-order valence-electron chi connectivity index (χ1n) is 5.45. The van der Waals surface area contributed by atoms with Crippen LogP contribution in [0.2, 0.25) is 5.02 Å². The second-order valence-electron chi connectivity index (χ2n) is 4.41. The first kappa shape index (κ1) is 10.6. The summed E-state index contributed by atoms with van der Waals surface area (Å²) in [5.41, 5.74) is 8.02. The minimum absolute atomic E-state index is 0.523. The summed E-state index contributed by atoms with van der Waals surface area (Å²) in [4.78, 5) is 0. The Balaban J connectivity index is 2.02. The van der Waals surface area contributed by atoms with E-state index in [-0.39, 0.29) is 0 Å². The van der Waals surface area contributed by atoms with E-state index in [1.807, 2.05) is 18.2 Å². The second kappa shape index (κ2) is 3.93.